The van der Waals surface area contributed by atoms with Crippen LogP contribution in [0.25, 0.3) is 0 Å². The molecular formula is C18H18ClN5O3. The van der Waals surface area contributed by atoms with Crippen LogP contribution in [0.5, 0.6) is 11.8 Å². The first kappa shape index (κ1) is 18.9. The van der Waals surface area contributed by atoms with Crippen molar-refractivity contribution in [3.63, 3.8) is 0 Å². The summed E-state index contributed by atoms with van der Waals surface area (Å²) < 4.78 is 11.1. The third-order valence-corrected chi connectivity index (χ3v) is 4.04. The van der Waals surface area contributed by atoms with Gasteiger partial charge in [-0.15, -0.1) is 6.42 Å². The summed E-state index contributed by atoms with van der Waals surface area (Å²) in [5.41, 5.74) is 0.548. The highest BCUT2D eigenvalue weighted by molar-refractivity contribution is 6.28. The second kappa shape index (κ2) is 8.20. The smallest absolute Gasteiger partial charge is 0.328 e. The Morgan fingerprint density at radius 1 is 1.33 bits per heavy atom. The van der Waals surface area contributed by atoms with Gasteiger partial charge in [0.15, 0.2) is 0 Å². The van der Waals surface area contributed by atoms with E-state index in [-0.39, 0.29) is 23.2 Å². The molecule has 0 N–H and O–H groups in total. The molecule has 8 nitrogen and oxygen atoms in total. The zero-order valence-electron chi connectivity index (χ0n) is 14.9. The van der Waals surface area contributed by atoms with Crippen LogP contribution >= 0.6 is 11.6 Å². The molecule has 2 heterocycles. The number of aromatic nitrogens is 3. The number of amides is 1. The van der Waals surface area contributed by atoms with Gasteiger partial charge >= 0.3 is 6.01 Å². The van der Waals surface area contributed by atoms with E-state index in [1.807, 2.05) is 4.90 Å². The average Bonchev–Trinajstić information content (AvgIpc) is 2.67. The molecule has 1 aliphatic heterocycles. The molecule has 0 bridgehead atoms. The van der Waals surface area contributed by atoms with E-state index in [0.717, 1.165) is 0 Å². The van der Waals surface area contributed by atoms with Crippen molar-refractivity contribution < 1.29 is 14.3 Å². The van der Waals surface area contributed by atoms with Gasteiger partial charge in [-0.2, -0.15) is 15.0 Å². The Morgan fingerprint density at radius 3 is 2.74 bits per heavy atom. The first-order valence-electron chi connectivity index (χ1n) is 8.19. The Labute approximate surface area is 162 Å². The Balaban J connectivity index is 1.80. The molecule has 0 spiro atoms. The van der Waals surface area contributed by atoms with E-state index >= 15 is 0 Å². The van der Waals surface area contributed by atoms with Crippen LogP contribution in [-0.2, 0) is 4.74 Å². The standard InChI is InChI=1S/C18H18ClN5O3/c1-4-13-11-26-10-9-24(13)17-20-16(19)21-18(22-17)27-14-7-5-12(6-8-14)15(25)23(2)3/h1,5-8,13H,9-11H2,2-3H3/t13-/m0/s1. The van der Waals surface area contributed by atoms with Crippen molar-refractivity contribution in [2.45, 2.75) is 6.04 Å². The SMILES string of the molecule is C#C[C@H]1COCCN1c1nc(Cl)nc(Oc2ccc(C(=O)N(C)C)cc2)n1. The monoisotopic (exact) mass is 387 g/mol. The van der Waals surface area contributed by atoms with Crippen LogP contribution in [0.15, 0.2) is 24.3 Å². The van der Waals surface area contributed by atoms with E-state index in [1.165, 1.54) is 4.90 Å². The summed E-state index contributed by atoms with van der Waals surface area (Å²) in [5.74, 6) is 3.35. The van der Waals surface area contributed by atoms with E-state index in [4.69, 9.17) is 27.5 Å². The fourth-order valence-electron chi connectivity index (χ4n) is 2.51. The Bertz CT molecular complexity index is 866. The number of rotatable bonds is 4. The largest absolute Gasteiger partial charge is 0.424 e. The van der Waals surface area contributed by atoms with Crippen LogP contribution in [0, 0.1) is 12.3 Å². The molecule has 1 aromatic carbocycles. The number of terminal acetylenes is 1. The number of benzene rings is 1. The Hall–Kier alpha value is -2.89. The lowest BCUT2D eigenvalue weighted by molar-refractivity contribution is 0.0827. The van der Waals surface area contributed by atoms with Gasteiger partial charge in [-0.05, 0) is 35.9 Å². The van der Waals surface area contributed by atoms with Crippen molar-refractivity contribution in [2.24, 2.45) is 0 Å². The fourth-order valence-corrected chi connectivity index (χ4v) is 2.65. The van der Waals surface area contributed by atoms with Crippen LogP contribution in [0.2, 0.25) is 5.28 Å². The van der Waals surface area contributed by atoms with Gasteiger partial charge in [-0.25, -0.2) is 0 Å². The van der Waals surface area contributed by atoms with E-state index in [0.29, 0.717) is 37.0 Å². The van der Waals surface area contributed by atoms with Gasteiger partial charge in [0, 0.05) is 26.2 Å². The van der Waals surface area contributed by atoms with Crippen molar-refractivity contribution in [2.75, 3.05) is 38.8 Å². The van der Waals surface area contributed by atoms with Gasteiger partial charge in [-0.1, -0.05) is 5.92 Å². The van der Waals surface area contributed by atoms with Crippen LogP contribution in [0.3, 0.4) is 0 Å². The summed E-state index contributed by atoms with van der Waals surface area (Å²) >= 11 is 6.03. The Morgan fingerprint density at radius 2 is 2.07 bits per heavy atom. The number of anilines is 1. The molecule has 1 amide bonds. The second-order valence-corrected chi connectivity index (χ2v) is 6.30. The van der Waals surface area contributed by atoms with Gasteiger partial charge in [0.05, 0.1) is 13.2 Å². The summed E-state index contributed by atoms with van der Waals surface area (Å²) in [6, 6.07) is 6.40. The van der Waals surface area contributed by atoms with E-state index in [2.05, 4.69) is 20.9 Å². The molecule has 1 fully saturated rings. The number of carbonyl (C=O) groups excluding carboxylic acids is 1. The summed E-state index contributed by atoms with van der Waals surface area (Å²) in [5, 5.41) is -0.00308. The highest BCUT2D eigenvalue weighted by Crippen LogP contribution is 2.23. The zero-order chi connectivity index (χ0) is 19.4. The molecule has 3 rings (SSSR count). The van der Waals surface area contributed by atoms with Crippen LogP contribution in [0.4, 0.5) is 5.95 Å². The maximum Gasteiger partial charge on any atom is 0.328 e. The van der Waals surface area contributed by atoms with Crippen molar-refractivity contribution in [3.8, 4) is 24.1 Å². The zero-order valence-corrected chi connectivity index (χ0v) is 15.7. The number of carbonyl (C=O) groups is 1. The third kappa shape index (κ3) is 4.45. The molecule has 1 atom stereocenters. The van der Waals surface area contributed by atoms with E-state index in [9.17, 15) is 4.79 Å². The topological polar surface area (TPSA) is 80.7 Å². The maximum absolute atomic E-state index is 11.9. The molecule has 2 aromatic rings. The van der Waals surface area contributed by atoms with Crippen molar-refractivity contribution in [3.05, 3.63) is 35.1 Å². The predicted molar refractivity (Wildman–Crippen MR) is 100 cm³/mol. The fraction of sp³-hybridized carbons (Fsp3) is 0.333. The van der Waals surface area contributed by atoms with Crippen molar-refractivity contribution in [1.82, 2.24) is 19.9 Å². The minimum absolute atomic E-state index is 0.00308. The highest BCUT2D eigenvalue weighted by Gasteiger charge is 2.25. The molecule has 0 aliphatic carbocycles. The lowest BCUT2D eigenvalue weighted by Gasteiger charge is -2.32. The molecular weight excluding hydrogens is 370 g/mol. The minimum Gasteiger partial charge on any atom is -0.424 e. The number of nitrogens with zero attached hydrogens (tertiary/aromatic N) is 5. The highest BCUT2D eigenvalue weighted by atomic mass is 35.5. The second-order valence-electron chi connectivity index (χ2n) is 5.96. The minimum atomic E-state index is -0.290. The van der Waals surface area contributed by atoms with E-state index in [1.54, 1.807) is 38.4 Å². The third-order valence-electron chi connectivity index (χ3n) is 3.87. The lowest BCUT2D eigenvalue weighted by atomic mass is 10.2. The van der Waals surface area contributed by atoms with Crippen LogP contribution in [-0.4, -0.2) is 65.7 Å². The molecule has 1 aromatic heterocycles. The molecule has 0 radical (unpaired) electrons. The molecule has 1 saturated heterocycles. The summed E-state index contributed by atoms with van der Waals surface area (Å²) in [6.45, 7) is 1.44. The van der Waals surface area contributed by atoms with Crippen LogP contribution < -0.4 is 9.64 Å². The van der Waals surface area contributed by atoms with Gasteiger partial charge < -0.3 is 19.3 Å². The number of ether oxygens (including phenoxy) is 2. The average molecular weight is 388 g/mol. The quantitative estimate of drug-likeness (QED) is 0.740. The number of hydrogen-bond acceptors (Lipinski definition) is 7. The van der Waals surface area contributed by atoms with Crippen molar-refractivity contribution >= 4 is 23.5 Å². The molecule has 0 unspecified atom stereocenters. The number of halogens is 1. The molecule has 0 saturated carbocycles. The molecule has 1 aliphatic rings. The number of hydrogen-bond donors (Lipinski definition) is 0. The number of morpholine rings is 1. The van der Waals surface area contributed by atoms with Gasteiger partial charge in [-0.3, -0.25) is 4.79 Å². The summed E-state index contributed by atoms with van der Waals surface area (Å²) in [6.07, 6.45) is 5.55. The first-order chi connectivity index (χ1) is 13.0. The maximum atomic E-state index is 11.9. The normalized spacial score (nSPS) is 16.5. The predicted octanol–water partition coefficient (Wildman–Crippen LogP) is 1.86. The van der Waals surface area contributed by atoms with E-state index < -0.39 is 0 Å². The van der Waals surface area contributed by atoms with Gasteiger partial charge in [0.25, 0.3) is 5.91 Å². The molecule has 9 heteroatoms. The summed E-state index contributed by atoms with van der Waals surface area (Å²) in [4.78, 5) is 27.7. The van der Waals surface area contributed by atoms with Gasteiger partial charge in [0.1, 0.15) is 11.8 Å². The molecule has 140 valence electrons. The van der Waals surface area contributed by atoms with Crippen molar-refractivity contribution in [1.29, 1.82) is 0 Å². The lowest BCUT2D eigenvalue weighted by Crippen LogP contribution is -2.45. The molecule has 27 heavy (non-hydrogen) atoms. The Kier molecular flexibility index (Phi) is 5.74. The van der Waals surface area contributed by atoms with Crippen LogP contribution in [0.1, 0.15) is 10.4 Å². The van der Waals surface area contributed by atoms with Gasteiger partial charge in [0.2, 0.25) is 11.2 Å². The first-order valence-corrected chi connectivity index (χ1v) is 8.57. The summed E-state index contributed by atoms with van der Waals surface area (Å²) in [7, 11) is 3.38.